The predicted octanol–water partition coefficient (Wildman–Crippen LogP) is -0.0888. The van der Waals surface area contributed by atoms with Crippen LogP contribution in [-0.2, 0) is 21.6 Å². The second-order valence-corrected chi connectivity index (χ2v) is 5.68. The summed E-state index contributed by atoms with van der Waals surface area (Å²) in [7, 11) is 1.29. The smallest absolute Gasteiger partial charge is 0.337 e. The molecule has 1 aromatic carbocycles. The summed E-state index contributed by atoms with van der Waals surface area (Å²) in [5, 5.41) is 13.1. The van der Waals surface area contributed by atoms with E-state index in [1.54, 1.807) is 24.3 Å². The molecule has 2 aromatic rings. The first-order chi connectivity index (χ1) is 11.8. The van der Waals surface area contributed by atoms with E-state index in [2.05, 4.69) is 20.0 Å². The van der Waals surface area contributed by atoms with Crippen molar-refractivity contribution in [1.82, 2.24) is 9.97 Å². The van der Waals surface area contributed by atoms with Crippen LogP contribution in [0.4, 0.5) is 11.8 Å². The first-order valence-electron chi connectivity index (χ1n) is 7.46. The predicted molar refractivity (Wildman–Crippen MR) is 87.9 cm³/mol. The quantitative estimate of drug-likeness (QED) is 0.567. The van der Waals surface area contributed by atoms with Crippen LogP contribution in [0.1, 0.15) is 27.9 Å². The van der Waals surface area contributed by atoms with Gasteiger partial charge in [-0.2, -0.15) is 4.98 Å². The van der Waals surface area contributed by atoms with Crippen LogP contribution in [0.3, 0.4) is 0 Å². The van der Waals surface area contributed by atoms with Crippen LogP contribution in [0.5, 0.6) is 0 Å². The van der Waals surface area contributed by atoms with Gasteiger partial charge in [0.15, 0.2) is 5.60 Å². The zero-order valence-electron chi connectivity index (χ0n) is 13.3. The highest BCUT2D eigenvalue weighted by molar-refractivity contribution is 6.03. The molecule has 1 aliphatic rings. The van der Waals surface area contributed by atoms with E-state index in [9.17, 15) is 19.5 Å². The molecule has 1 amide bonds. The number of carbonyl (C=O) groups excluding carboxylic acids is 2. The van der Waals surface area contributed by atoms with Gasteiger partial charge in [-0.05, 0) is 30.5 Å². The van der Waals surface area contributed by atoms with E-state index >= 15 is 0 Å². The Morgan fingerprint density at radius 2 is 2.00 bits per heavy atom. The minimum absolute atomic E-state index is 0.0297. The SMILES string of the molecule is COC(=O)c1ccc(CCC2(O)C(=O)Nc3nc(N)[nH]c(=O)c32)cc1. The number of aryl methyl sites for hydroxylation is 1. The fourth-order valence-electron chi connectivity index (χ4n) is 2.78. The molecule has 0 radical (unpaired) electrons. The van der Waals surface area contributed by atoms with Gasteiger partial charge in [0.25, 0.3) is 11.5 Å². The lowest BCUT2D eigenvalue weighted by atomic mass is 9.90. The third-order valence-corrected chi connectivity index (χ3v) is 4.11. The van der Waals surface area contributed by atoms with E-state index in [0.29, 0.717) is 12.0 Å². The topological polar surface area (TPSA) is 147 Å². The maximum atomic E-state index is 12.2. The van der Waals surface area contributed by atoms with E-state index < -0.39 is 23.0 Å². The Labute approximate surface area is 141 Å². The number of fused-ring (bicyclic) bond motifs is 1. The molecule has 0 saturated heterocycles. The molecule has 3 rings (SSSR count). The van der Waals surface area contributed by atoms with Gasteiger partial charge < -0.3 is 20.9 Å². The van der Waals surface area contributed by atoms with Crippen molar-refractivity contribution in [3.63, 3.8) is 0 Å². The molecule has 0 fully saturated rings. The molecule has 1 unspecified atom stereocenters. The Kier molecular flexibility index (Phi) is 4.01. The number of carbonyl (C=O) groups is 2. The molecular weight excluding hydrogens is 328 g/mol. The van der Waals surface area contributed by atoms with E-state index in [4.69, 9.17) is 5.73 Å². The van der Waals surface area contributed by atoms with Crippen molar-refractivity contribution in [2.45, 2.75) is 18.4 Å². The second-order valence-electron chi connectivity index (χ2n) is 5.68. The number of hydrogen-bond donors (Lipinski definition) is 4. The van der Waals surface area contributed by atoms with Gasteiger partial charge in [-0.25, -0.2) is 4.79 Å². The highest BCUT2D eigenvalue weighted by Crippen LogP contribution is 2.35. The van der Waals surface area contributed by atoms with E-state index in [0.717, 1.165) is 5.56 Å². The molecular formula is C16H16N4O5. The normalized spacial score (nSPS) is 18.6. The molecule has 25 heavy (non-hydrogen) atoms. The monoisotopic (exact) mass is 344 g/mol. The number of benzene rings is 1. The number of nitrogens with zero attached hydrogens (tertiary/aromatic N) is 1. The number of anilines is 2. The first-order valence-corrected chi connectivity index (χ1v) is 7.46. The fraction of sp³-hybridized carbons (Fsp3) is 0.250. The van der Waals surface area contributed by atoms with Gasteiger partial charge in [0.2, 0.25) is 5.95 Å². The molecule has 1 atom stereocenters. The van der Waals surface area contributed by atoms with Crippen LogP contribution in [0.15, 0.2) is 29.1 Å². The Hall–Kier alpha value is -3.20. The number of nitrogen functional groups attached to an aromatic ring is 1. The third kappa shape index (κ3) is 2.85. The average Bonchev–Trinajstić information content (AvgIpc) is 2.83. The molecule has 0 aliphatic carbocycles. The van der Waals surface area contributed by atoms with Crippen molar-refractivity contribution in [1.29, 1.82) is 0 Å². The zero-order chi connectivity index (χ0) is 18.2. The fourth-order valence-corrected chi connectivity index (χ4v) is 2.78. The molecule has 0 spiro atoms. The number of nitrogens with two attached hydrogens (primary N) is 1. The van der Waals surface area contributed by atoms with Crippen molar-refractivity contribution in [3.8, 4) is 0 Å². The van der Waals surface area contributed by atoms with E-state index in [1.165, 1.54) is 7.11 Å². The van der Waals surface area contributed by atoms with E-state index in [-0.39, 0.29) is 23.8 Å². The number of aliphatic hydroxyl groups is 1. The molecule has 9 nitrogen and oxygen atoms in total. The second kappa shape index (κ2) is 6.02. The number of nitrogens with one attached hydrogen (secondary N) is 2. The minimum Gasteiger partial charge on any atom is -0.465 e. The zero-order valence-corrected chi connectivity index (χ0v) is 13.3. The average molecular weight is 344 g/mol. The molecule has 130 valence electrons. The Bertz CT molecular complexity index is 906. The van der Waals surface area contributed by atoms with Crippen LogP contribution in [-0.4, -0.2) is 34.1 Å². The highest BCUT2D eigenvalue weighted by atomic mass is 16.5. The number of methoxy groups -OCH3 is 1. The summed E-state index contributed by atoms with van der Waals surface area (Å²) in [4.78, 5) is 41.8. The number of rotatable bonds is 4. The van der Waals surface area contributed by atoms with Gasteiger partial charge in [0, 0.05) is 0 Å². The van der Waals surface area contributed by atoms with Crippen LogP contribution in [0.25, 0.3) is 0 Å². The molecule has 2 heterocycles. The van der Waals surface area contributed by atoms with Gasteiger partial charge in [0.1, 0.15) is 11.4 Å². The van der Waals surface area contributed by atoms with Gasteiger partial charge >= 0.3 is 5.97 Å². The largest absolute Gasteiger partial charge is 0.465 e. The number of aromatic nitrogens is 2. The van der Waals surface area contributed by atoms with Crippen LogP contribution in [0, 0.1) is 0 Å². The molecule has 1 aliphatic heterocycles. The van der Waals surface area contributed by atoms with Crippen molar-refractivity contribution in [2.75, 3.05) is 18.2 Å². The summed E-state index contributed by atoms with van der Waals surface area (Å²) in [5.74, 6) is -1.36. The highest BCUT2D eigenvalue weighted by Gasteiger charge is 2.48. The Balaban J connectivity index is 1.83. The van der Waals surface area contributed by atoms with Crippen LogP contribution >= 0.6 is 0 Å². The Morgan fingerprint density at radius 1 is 1.32 bits per heavy atom. The Morgan fingerprint density at radius 3 is 2.64 bits per heavy atom. The van der Waals surface area contributed by atoms with Crippen molar-refractivity contribution >= 4 is 23.6 Å². The number of esters is 1. The summed E-state index contributed by atoms with van der Waals surface area (Å²) in [6.07, 6.45) is 0.271. The van der Waals surface area contributed by atoms with Gasteiger partial charge in [-0.15, -0.1) is 0 Å². The van der Waals surface area contributed by atoms with Crippen LogP contribution in [0.2, 0.25) is 0 Å². The van der Waals surface area contributed by atoms with Gasteiger partial charge in [-0.3, -0.25) is 14.6 Å². The third-order valence-electron chi connectivity index (χ3n) is 4.11. The maximum absolute atomic E-state index is 12.2. The molecule has 9 heteroatoms. The standard InChI is InChI=1S/C16H16N4O5/c1-25-13(22)9-4-2-8(3-5-9)6-7-16(24)10-11(18-14(16)23)19-15(17)20-12(10)21/h2-5,24H,6-7H2,1H3,(H4,17,18,19,20,21,23). The summed E-state index contributed by atoms with van der Waals surface area (Å²) in [6.45, 7) is 0. The molecule has 1 aromatic heterocycles. The summed E-state index contributed by atoms with van der Waals surface area (Å²) < 4.78 is 4.62. The number of hydrogen-bond acceptors (Lipinski definition) is 7. The number of aromatic amines is 1. The molecule has 0 bridgehead atoms. The number of ether oxygens (including phenoxy) is 1. The first kappa shape index (κ1) is 16.7. The number of H-pyrrole nitrogens is 1. The van der Waals surface area contributed by atoms with Crippen molar-refractivity contribution in [3.05, 3.63) is 51.3 Å². The summed E-state index contributed by atoms with van der Waals surface area (Å²) in [6, 6.07) is 6.55. The molecule has 0 saturated carbocycles. The lowest BCUT2D eigenvalue weighted by Crippen LogP contribution is -2.38. The van der Waals surface area contributed by atoms with E-state index in [1.807, 2.05) is 0 Å². The summed E-state index contributed by atoms with van der Waals surface area (Å²) in [5.41, 5.74) is 3.82. The van der Waals surface area contributed by atoms with Crippen molar-refractivity contribution in [2.24, 2.45) is 0 Å². The maximum Gasteiger partial charge on any atom is 0.337 e. The van der Waals surface area contributed by atoms with Crippen LogP contribution < -0.4 is 16.6 Å². The lowest BCUT2D eigenvalue weighted by molar-refractivity contribution is -0.134. The van der Waals surface area contributed by atoms with Crippen molar-refractivity contribution < 1.29 is 19.4 Å². The number of amides is 1. The summed E-state index contributed by atoms with van der Waals surface area (Å²) >= 11 is 0. The van der Waals surface area contributed by atoms with Gasteiger partial charge in [0.05, 0.1) is 12.7 Å². The minimum atomic E-state index is -2.00. The lowest BCUT2D eigenvalue weighted by Gasteiger charge is -2.19. The van der Waals surface area contributed by atoms with Gasteiger partial charge in [-0.1, -0.05) is 12.1 Å². The molecule has 5 N–H and O–H groups in total.